The summed E-state index contributed by atoms with van der Waals surface area (Å²) in [6, 6.07) is 1.99. The Hall–Kier alpha value is -1.36. The number of nitrogens with zero attached hydrogens (tertiary/aromatic N) is 3. The van der Waals surface area contributed by atoms with Crippen LogP contribution in [0, 0.1) is 4.77 Å². The van der Waals surface area contributed by atoms with E-state index in [4.69, 9.17) is 12.2 Å². The molecule has 2 rings (SSSR count). The van der Waals surface area contributed by atoms with E-state index in [1.165, 1.54) is 0 Å². The molecule has 0 saturated heterocycles. The third-order valence-electron chi connectivity index (χ3n) is 2.22. The normalized spacial score (nSPS) is 10.7. The lowest BCUT2D eigenvalue weighted by molar-refractivity contribution is 0.788. The van der Waals surface area contributed by atoms with Gasteiger partial charge in [-0.2, -0.15) is 0 Å². The van der Waals surface area contributed by atoms with Gasteiger partial charge in [-0.3, -0.25) is 4.40 Å². The Balaban J connectivity index is 2.80. The van der Waals surface area contributed by atoms with Crippen molar-refractivity contribution in [1.29, 1.82) is 0 Å². The van der Waals surface area contributed by atoms with Crippen LogP contribution in [0.1, 0.15) is 6.92 Å². The summed E-state index contributed by atoms with van der Waals surface area (Å²) in [5, 5.41) is 3.00. The number of rotatable bonds is 2. The SMILES string of the molecule is CCn1ccn2c(=S)nc(NC)cc12. The second kappa shape index (κ2) is 3.42. The lowest BCUT2D eigenvalue weighted by Crippen LogP contribution is -2.00. The molecule has 0 unspecified atom stereocenters. The van der Waals surface area contributed by atoms with E-state index in [0.29, 0.717) is 4.77 Å². The van der Waals surface area contributed by atoms with Crippen molar-refractivity contribution in [2.75, 3.05) is 12.4 Å². The summed E-state index contributed by atoms with van der Waals surface area (Å²) in [5.74, 6) is 0.809. The number of anilines is 1. The topological polar surface area (TPSA) is 34.3 Å². The summed E-state index contributed by atoms with van der Waals surface area (Å²) in [6.07, 6.45) is 3.94. The van der Waals surface area contributed by atoms with E-state index < -0.39 is 0 Å². The van der Waals surface area contributed by atoms with Crippen molar-refractivity contribution < 1.29 is 0 Å². The van der Waals surface area contributed by atoms with Gasteiger partial charge in [0.15, 0.2) is 0 Å². The van der Waals surface area contributed by atoms with Gasteiger partial charge in [-0.25, -0.2) is 4.98 Å². The molecular formula is C9H12N4S. The maximum atomic E-state index is 5.17. The van der Waals surface area contributed by atoms with Gasteiger partial charge in [0.25, 0.3) is 0 Å². The molecule has 0 aliphatic heterocycles. The highest BCUT2D eigenvalue weighted by atomic mass is 32.1. The summed E-state index contributed by atoms with van der Waals surface area (Å²) >= 11 is 5.17. The zero-order valence-electron chi connectivity index (χ0n) is 8.19. The van der Waals surface area contributed by atoms with Crippen molar-refractivity contribution in [3.63, 3.8) is 0 Å². The van der Waals surface area contributed by atoms with E-state index in [0.717, 1.165) is 18.0 Å². The summed E-state index contributed by atoms with van der Waals surface area (Å²) in [5.41, 5.74) is 1.07. The van der Waals surface area contributed by atoms with Crippen LogP contribution in [0.3, 0.4) is 0 Å². The van der Waals surface area contributed by atoms with Crippen molar-refractivity contribution >= 4 is 23.7 Å². The average Bonchev–Trinajstić information content (AvgIpc) is 2.61. The Bertz CT molecular complexity index is 511. The molecule has 0 aliphatic rings. The summed E-state index contributed by atoms with van der Waals surface area (Å²) in [6.45, 7) is 3.03. The molecule has 0 bridgehead atoms. The molecule has 0 saturated carbocycles. The molecule has 2 aromatic rings. The van der Waals surface area contributed by atoms with Gasteiger partial charge in [-0.05, 0) is 19.1 Å². The van der Waals surface area contributed by atoms with Crippen LogP contribution in [0.15, 0.2) is 18.5 Å². The Morgan fingerprint density at radius 3 is 2.93 bits per heavy atom. The zero-order valence-corrected chi connectivity index (χ0v) is 9.01. The largest absolute Gasteiger partial charge is 0.373 e. The second-order valence-electron chi connectivity index (χ2n) is 2.99. The monoisotopic (exact) mass is 208 g/mol. The third-order valence-corrected chi connectivity index (χ3v) is 2.51. The maximum Gasteiger partial charge on any atom is 0.207 e. The lowest BCUT2D eigenvalue weighted by Gasteiger charge is -2.03. The average molecular weight is 208 g/mol. The minimum atomic E-state index is 0.582. The van der Waals surface area contributed by atoms with Gasteiger partial charge >= 0.3 is 0 Å². The summed E-state index contributed by atoms with van der Waals surface area (Å²) < 4.78 is 4.61. The molecular weight excluding hydrogens is 196 g/mol. The van der Waals surface area contributed by atoms with Crippen molar-refractivity contribution in [3.05, 3.63) is 23.2 Å². The van der Waals surface area contributed by atoms with Gasteiger partial charge in [0.1, 0.15) is 11.5 Å². The van der Waals surface area contributed by atoms with E-state index in [1.807, 2.05) is 29.9 Å². The number of aromatic nitrogens is 3. The molecule has 2 heterocycles. The Morgan fingerprint density at radius 1 is 1.50 bits per heavy atom. The molecule has 0 fully saturated rings. The van der Waals surface area contributed by atoms with Crippen LogP contribution in [0.25, 0.3) is 5.65 Å². The minimum absolute atomic E-state index is 0.582. The van der Waals surface area contributed by atoms with Crippen LogP contribution in [-0.4, -0.2) is 21.0 Å². The molecule has 0 spiro atoms. The number of nitrogens with one attached hydrogen (secondary N) is 1. The molecule has 5 heteroatoms. The predicted molar refractivity (Wildman–Crippen MR) is 59.2 cm³/mol. The molecule has 0 radical (unpaired) electrons. The second-order valence-corrected chi connectivity index (χ2v) is 3.35. The van der Waals surface area contributed by atoms with E-state index in [1.54, 1.807) is 0 Å². The number of hydrogen-bond acceptors (Lipinski definition) is 3. The van der Waals surface area contributed by atoms with Crippen molar-refractivity contribution in [1.82, 2.24) is 14.0 Å². The molecule has 2 aromatic heterocycles. The first-order valence-electron chi connectivity index (χ1n) is 4.52. The number of aryl methyl sites for hydroxylation is 1. The molecule has 4 nitrogen and oxygen atoms in total. The highest BCUT2D eigenvalue weighted by Gasteiger charge is 2.01. The number of hydrogen-bond donors (Lipinski definition) is 1. The van der Waals surface area contributed by atoms with Gasteiger partial charge in [-0.1, -0.05) is 0 Å². The highest BCUT2D eigenvalue weighted by molar-refractivity contribution is 7.71. The quantitative estimate of drug-likeness (QED) is 0.766. The van der Waals surface area contributed by atoms with Crippen molar-refractivity contribution in [2.24, 2.45) is 0 Å². The van der Waals surface area contributed by atoms with Crippen LogP contribution >= 0.6 is 12.2 Å². The van der Waals surface area contributed by atoms with Crippen LogP contribution in [-0.2, 0) is 6.54 Å². The predicted octanol–water partition coefficient (Wildman–Crippen LogP) is 1.93. The minimum Gasteiger partial charge on any atom is -0.373 e. The van der Waals surface area contributed by atoms with E-state index in [2.05, 4.69) is 21.8 Å². The fourth-order valence-corrected chi connectivity index (χ4v) is 1.71. The molecule has 1 N–H and O–H groups in total. The first-order chi connectivity index (χ1) is 6.76. The van der Waals surface area contributed by atoms with Gasteiger partial charge in [0.05, 0.1) is 0 Å². The summed E-state index contributed by atoms with van der Waals surface area (Å²) in [4.78, 5) is 4.22. The van der Waals surface area contributed by atoms with Gasteiger partial charge in [0.2, 0.25) is 4.77 Å². The van der Waals surface area contributed by atoms with Crippen molar-refractivity contribution in [2.45, 2.75) is 13.5 Å². The summed E-state index contributed by atoms with van der Waals surface area (Å²) in [7, 11) is 1.84. The van der Waals surface area contributed by atoms with E-state index in [-0.39, 0.29) is 0 Å². The smallest absolute Gasteiger partial charge is 0.207 e. The molecule has 14 heavy (non-hydrogen) atoms. The Morgan fingerprint density at radius 2 is 2.29 bits per heavy atom. The van der Waals surface area contributed by atoms with Gasteiger partial charge < -0.3 is 9.88 Å². The van der Waals surface area contributed by atoms with Gasteiger partial charge in [0, 0.05) is 32.1 Å². The maximum absolute atomic E-state index is 5.17. The lowest BCUT2D eigenvalue weighted by atomic mass is 10.5. The first kappa shape index (κ1) is 9.21. The zero-order chi connectivity index (χ0) is 10.1. The molecule has 0 aliphatic carbocycles. The van der Waals surface area contributed by atoms with E-state index in [9.17, 15) is 0 Å². The van der Waals surface area contributed by atoms with Crippen molar-refractivity contribution in [3.8, 4) is 0 Å². The van der Waals surface area contributed by atoms with Gasteiger partial charge in [-0.15, -0.1) is 0 Å². The number of imidazole rings is 1. The first-order valence-corrected chi connectivity index (χ1v) is 4.93. The Labute approximate surface area is 87.2 Å². The highest BCUT2D eigenvalue weighted by Crippen LogP contribution is 2.10. The Kier molecular flexibility index (Phi) is 2.25. The standard InChI is InChI=1S/C9H12N4S/c1-3-12-4-5-13-8(12)6-7(10-2)11-9(13)14/h4-6H,3H2,1-2H3,(H,10,11,14). The molecule has 0 atom stereocenters. The third kappa shape index (κ3) is 1.29. The fourth-order valence-electron chi connectivity index (χ4n) is 1.46. The fraction of sp³-hybridized carbons (Fsp3) is 0.333. The van der Waals surface area contributed by atoms with Crippen LogP contribution in [0.5, 0.6) is 0 Å². The number of fused-ring (bicyclic) bond motifs is 1. The molecule has 0 aromatic carbocycles. The molecule has 74 valence electrons. The van der Waals surface area contributed by atoms with Crippen LogP contribution in [0.4, 0.5) is 5.82 Å². The van der Waals surface area contributed by atoms with Crippen LogP contribution < -0.4 is 5.32 Å². The molecule has 0 amide bonds. The van der Waals surface area contributed by atoms with Crippen LogP contribution in [0.2, 0.25) is 0 Å². The van der Waals surface area contributed by atoms with E-state index >= 15 is 0 Å².